The fourth-order valence-electron chi connectivity index (χ4n) is 2.58. The van der Waals surface area contributed by atoms with E-state index < -0.39 is 0 Å². The number of rotatable bonds is 1. The Morgan fingerprint density at radius 1 is 1.09 bits per heavy atom. The number of hydrogen-bond acceptors (Lipinski definition) is 4. The molecular weight excluding hydrogens is 324 g/mol. The van der Waals surface area contributed by atoms with Crippen molar-refractivity contribution in [1.82, 2.24) is 0 Å². The van der Waals surface area contributed by atoms with Crippen LogP contribution in [0.4, 0.5) is 0 Å². The van der Waals surface area contributed by atoms with Gasteiger partial charge in [0.05, 0.1) is 15.5 Å². The molecule has 0 saturated carbocycles. The average Bonchev–Trinajstić information content (AvgIpc) is 2.67. The van der Waals surface area contributed by atoms with Crippen LogP contribution in [0.3, 0.4) is 0 Å². The van der Waals surface area contributed by atoms with Gasteiger partial charge in [0.2, 0.25) is 0 Å². The smallest absolute Gasteiger partial charge is 0.175 e. The second-order valence-corrected chi connectivity index (χ2v) is 9.94. The van der Waals surface area contributed by atoms with Crippen molar-refractivity contribution in [2.75, 3.05) is 0 Å². The molecular formula is C19H24O2S2. The zero-order chi connectivity index (χ0) is 17.6. The highest BCUT2D eigenvalue weighted by Crippen LogP contribution is 2.41. The van der Waals surface area contributed by atoms with E-state index in [1.54, 1.807) is 0 Å². The number of allylic oxidation sites excluding steroid dienone is 1. The molecule has 1 aliphatic heterocycles. The third kappa shape index (κ3) is 4.04. The van der Waals surface area contributed by atoms with Gasteiger partial charge >= 0.3 is 0 Å². The van der Waals surface area contributed by atoms with E-state index in [1.165, 1.54) is 11.8 Å². The summed E-state index contributed by atoms with van der Waals surface area (Å²) in [7, 11) is 0. The maximum absolute atomic E-state index is 12.0. The van der Waals surface area contributed by atoms with Crippen LogP contribution in [0.2, 0.25) is 0 Å². The number of aromatic hydroxyl groups is 1. The molecule has 1 heterocycles. The minimum absolute atomic E-state index is 0.0858. The molecule has 0 atom stereocenters. The Morgan fingerprint density at radius 2 is 1.57 bits per heavy atom. The lowest BCUT2D eigenvalue weighted by molar-refractivity contribution is -0.113. The van der Waals surface area contributed by atoms with E-state index >= 15 is 0 Å². The molecule has 2 rings (SSSR count). The van der Waals surface area contributed by atoms with E-state index in [1.807, 2.05) is 18.2 Å². The topological polar surface area (TPSA) is 37.3 Å². The number of ketones is 1. The normalized spacial score (nSPS) is 18.1. The Kier molecular flexibility index (Phi) is 4.80. The number of carbonyl (C=O) groups is 1. The molecule has 1 aromatic carbocycles. The summed E-state index contributed by atoms with van der Waals surface area (Å²) in [6.07, 6.45) is 2.25. The molecule has 1 N–H and O–H groups in total. The van der Waals surface area contributed by atoms with E-state index in [-0.39, 0.29) is 16.6 Å². The van der Waals surface area contributed by atoms with Crippen molar-refractivity contribution < 1.29 is 9.90 Å². The fourth-order valence-corrected chi connectivity index (χ4v) is 3.81. The van der Waals surface area contributed by atoms with Crippen LogP contribution in [0.25, 0.3) is 6.08 Å². The van der Waals surface area contributed by atoms with E-state index in [9.17, 15) is 9.90 Å². The Hall–Kier alpha value is -1.13. The second kappa shape index (κ2) is 6.06. The zero-order valence-corrected chi connectivity index (χ0v) is 16.2. The summed E-state index contributed by atoms with van der Waals surface area (Å²) >= 11 is 6.52. The number of benzene rings is 1. The highest BCUT2D eigenvalue weighted by Gasteiger charge is 2.27. The van der Waals surface area contributed by atoms with Crippen molar-refractivity contribution in [2.45, 2.75) is 58.8 Å². The highest BCUT2D eigenvalue weighted by atomic mass is 32.2. The SMILES string of the molecule is CC(C)(C)c1cc(C=C2SC(=S)CC2=O)cc(C(C)(C)C)c1O. The number of hydrogen-bond donors (Lipinski definition) is 1. The lowest BCUT2D eigenvalue weighted by Gasteiger charge is -2.28. The van der Waals surface area contributed by atoms with Gasteiger partial charge in [0.1, 0.15) is 5.75 Å². The van der Waals surface area contributed by atoms with Crippen molar-refractivity contribution in [3.8, 4) is 5.75 Å². The van der Waals surface area contributed by atoms with Crippen LogP contribution in [0, 0.1) is 0 Å². The lowest BCUT2D eigenvalue weighted by atomic mass is 9.78. The van der Waals surface area contributed by atoms with Gasteiger partial charge in [0.25, 0.3) is 0 Å². The minimum Gasteiger partial charge on any atom is -0.507 e. The predicted molar refractivity (Wildman–Crippen MR) is 103 cm³/mol. The maximum atomic E-state index is 12.0. The fraction of sp³-hybridized carbons (Fsp3) is 0.474. The van der Waals surface area contributed by atoms with Gasteiger partial charge in [-0.3, -0.25) is 4.79 Å². The van der Waals surface area contributed by atoms with E-state index in [2.05, 4.69) is 41.5 Å². The summed E-state index contributed by atoms with van der Waals surface area (Å²) in [5, 5.41) is 10.7. The molecule has 4 heteroatoms. The minimum atomic E-state index is -0.180. The van der Waals surface area contributed by atoms with Gasteiger partial charge in [-0.2, -0.15) is 0 Å². The number of phenols is 1. The number of Topliss-reactive ketones (excluding diaryl/α,β-unsaturated/α-hetero) is 1. The molecule has 0 bridgehead atoms. The van der Waals surface area contributed by atoms with Gasteiger partial charge in [0.15, 0.2) is 5.78 Å². The van der Waals surface area contributed by atoms with Gasteiger partial charge in [-0.15, -0.1) is 0 Å². The third-order valence-corrected chi connectivity index (χ3v) is 5.18. The quantitative estimate of drug-likeness (QED) is 0.547. The Balaban J connectivity index is 2.64. The molecule has 0 aliphatic carbocycles. The van der Waals surface area contributed by atoms with E-state index in [0.717, 1.165) is 20.9 Å². The molecule has 0 unspecified atom stereocenters. The summed E-state index contributed by atoms with van der Waals surface area (Å²) in [5.41, 5.74) is 2.38. The molecule has 0 spiro atoms. The molecule has 124 valence electrons. The number of thiocarbonyl (C=S) groups is 1. The average molecular weight is 349 g/mol. The summed E-state index contributed by atoms with van der Waals surface area (Å²) in [6.45, 7) is 12.5. The van der Waals surface area contributed by atoms with Crippen molar-refractivity contribution in [1.29, 1.82) is 0 Å². The van der Waals surface area contributed by atoms with Crippen LogP contribution >= 0.6 is 24.0 Å². The van der Waals surface area contributed by atoms with E-state index in [0.29, 0.717) is 17.1 Å². The van der Waals surface area contributed by atoms with Gasteiger partial charge in [-0.25, -0.2) is 0 Å². The molecule has 2 nitrogen and oxygen atoms in total. The first-order valence-corrected chi connectivity index (χ1v) is 8.95. The highest BCUT2D eigenvalue weighted by molar-refractivity contribution is 8.27. The van der Waals surface area contributed by atoms with Gasteiger partial charge in [0, 0.05) is 11.1 Å². The molecule has 0 amide bonds. The van der Waals surface area contributed by atoms with Crippen molar-refractivity contribution >= 4 is 40.0 Å². The molecule has 1 fully saturated rings. The van der Waals surface area contributed by atoms with Gasteiger partial charge in [-0.05, 0) is 34.6 Å². The van der Waals surface area contributed by atoms with Crippen LogP contribution in [0.1, 0.15) is 64.7 Å². The summed E-state index contributed by atoms with van der Waals surface area (Å²) < 4.78 is 0.729. The maximum Gasteiger partial charge on any atom is 0.175 e. The van der Waals surface area contributed by atoms with Crippen LogP contribution in [-0.2, 0) is 15.6 Å². The lowest BCUT2D eigenvalue weighted by Crippen LogP contribution is -2.17. The molecule has 23 heavy (non-hydrogen) atoms. The van der Waals surface area contributed by atoms with Gasteiger partial charge < -0.3 is 5.11 Å². The standard InChI is InChI=1S/C19H24O2S2/c1-18(2,3)12-7-11(8-13(17(12)21)19(4,5)6)9-15-14(20)10-16(22)23-15/h7-9,21H,10H2,1-6H3. The Morgan fingerprint density at radius 3 is 1.91 bits per heavy atom. The number of phenolic OH excluding ortho intramolecular Hbond substituents is 1. The predicted octanol–water partition coefficient (Wildman–Crippen LogP) is 5.36. The molecule has 1 saturated heterocycles. The largest absolute Gasteiger partial charge is 0.507 e. The Labute approximate surface area is 148 Å². The van der Waals surface area contributed by atoms with Crippen molar-refractivity contribution in [2.24, 2.45) is 0 Å². The summed E-state index contributed by atoms with van der Waals surface area (Å²) in [6, 6.07) is 3.96. The van der Waals surface area contributed by atoms with Crippen LogP contribution < -0.4 is 0 Å². The van der Waals surface area contributed by atoms with E-state index in [4.69, 9.17) is 12.2 Å². The number of thioether (sulfide) groups is 1. The molecule has 0 aromatic heterocycles. The summed E-state index contributed by atoms with van der Waals surface area (Å²) in [4.78, 5) is 12.7. The molecule has 1 aromatic rings. The molecule has 1 aliphatic rings. The first-order chi connectivity index (χ1) is 10.4. The molecule has 0 radical (unpaired) electrons. The number of carbonyl (C=O) groups excluding carboxylic acids is 1. The van der Waals surface area contributed by atoms with Crippen LogP contribution in [0.15, 0.2) is 17.0 Å². The van der Waals surface area contributed by atoms with Crippen LogP contribution in [0.5, 0.6) is 5.75 Å². The third-order valence-electron chi connectivity index (χ3n) is 3.85. The van der Waals surface area contributed by atoms with Crippen LogP contribution in [-0.4, -0.2) is 15.1 Å². The van der Waals surface area contributed by atoms with Crippen molar-refractivity contribution in [3.05, 3.63) is 33.7 Å². The Bertz CT molecular complexity index is 666. The first kappa shape index (κ1) is 18.2. The first-order valence-electron chi connectivity index (χ1n) is 7.73. The zero-order valence-electron chi connectivity index (χ0n) is 14.6. The second-order valence-electron chi connectivity index (χ2n) is 8.05. The monoisotopic (exact) mass is 348 g/mol. The summed E-state index contributed by atoms with van der Waals surface area (Å²) in [5.74, 6) is 0.441. The van der Waals surface area contributed by atoms with Gasteiger partial charge in [-0.1, -0.05) is 65.5 Å². The van der Waals surface area contributed by atoms with Crippen molar-refractivity contribution in [3.63, 3.8) is 0 Å².